The van der Waals surface area contributed by atoms with Gasteiger partial charge in [0.1, 0.15) is 0 Å². The smallest absolute Gasteiger partial charge is 0.240 e. The van der Waals surface area contributed by atoms with Crippen LogP contribution in [0.15, 0.2) is 30.3 Å². The maximum Gasteiger partial charge on any atom is 0.240 e. The van der Waals surface area contributed by atoms with E-state index in [4.69, 9.17) is 0 Å². The number of hydrogen-bond donors (Lipinski definition) is 0. The highest BCUT2D eigenvalue weighted by Crippen LogP contribution is 2.25. The number of amides is 1. The van der Waals surface area contributed by atoms with Crippen LogP contribution in [0, 0.1) is 0 Å². The number of carbonyl (C=O) groups excluding carboxylic acids is 1. The molecule has 4 nitrogen and oxygen atoms in total. The summed E-state index contributed by atoms with van der Waals surface area (Å²) >= 11 is 0. The Bertz CT molecular complexity index is 714. The zero-order chi connectivity index (χ0) is 15.8. The summed E-state index contributed by atoms with van der Waals surface area (Å²) in [4.78, 5) is 17.3. The molecule has 1 amide bonds. The lowest BCUT2D eigenvalue weighted by Crippen LogP contribution is -2.50. The summed E-state index contributed by atoms with van der Waals surface area (Å²) < 4.78 is 2.37. The summed E-state index contributed by atoms with van der Waals surface area (Å²) in [5.74, 6) is 0.295. The first-order valence-corrected chi connectivity index (χ1v) is 8.84. The van der Waals surface area contributed by atoms with Crippen LogP contribution in [0.2, 0.25) is 0 Å². The van der Waals surface area contributed by atoms with Gasteiger partial charge in [-0.05, 0) is 50.4 Å². The van der Waals surface area contributed by atoms with Crippen molar-refractivity contribution in [2.45, 2.75) is 45.3 Å². The summed E-state index contributed by atoms with van der Waals surface area (Å²) in [6, 6.07) is 10.8. The highest BCUT2D eigenvalue weighted by molar-refractivity contribution is 5.84. The molecule has 0 spiro atoms. The molecule has 1 atom stereocenters. The molecule has 1 fully saturated rings. The summed E-state index contributed by atoms with van der Waals surface area (Å²) in [5, 5.41) is 1.28. The van der Waals surface area contributed by atoms with E-state index >= 15 is 0 Å². The number of likely N-dealkylation sites (tertiary alicyclic amines) is 1. The first-order chi connectivity index (χ1) is 11.2. The summed E-state index contributed by atoms with van der Waals surface area (Å²) in [6.07, 6.45) is 3.76. The Morgan fingerprint density at radius 1 is 1.04 bits per heavy atom. The molecule has 122 valence electrons. The van der Waals surface area contributed by atoms with Crippen molar-refractivity contribution in [2.75, 3.05) is 19.6 Å². The fourth-order valence-corrected chi connectivity index (χ4v) is 4.07. The number of rotatable bonds is 2. The second-order valence-electron chi connectivity index (χ2n) is 6.88. The average molecular weight is 311 g/mol. The van der Waals surface area contributed by atoms with Crippen LogP contribution in [0.25, 0.3) is 10.9 Å². The Morgan fingerprint density at radius 2 is 1.83 bits per heavy atom. The van der Waals surface area contributed by atoms with Crippen LogP contribution in [0.3, 0.4) is 0 Å². The Labute approximate surface area is 137 Å². The van der Waals surface area contributed by atoms with Crippen molar-refractivity contribution in [3.05, 3.63) is 36.0 Å². The lowest BCUT2D eigenvalue weighted by Gasteiger charge is -2.36. The lowest BCUT2D eigenvalue weighted by molar-refractivity contribution is -0.138. The number of fused-ring (bicyclic) bond motifs is 3. The van der Waals surface area contributed by atoms with Crippen LogP contribution in [0.1, 0.15) is 31.9 Å². The van der Waals surface area contributed by atoms with Crippen LogP contribution in [0.4, 0.5) is 0 Å². The standard InChI is InChI=1S/C19H25N3O/c1-15(20-9-5-2-6-10-20)19(23)21-11-12-22-17(14-21)13-16-7-3-4-8-18(16)22/h3-4,7-8,13,15H,2,5-6,9-12,14H2,1H3. The molecule has 3 heterocycles. The zero-order valence-corrected chi connectivity index (χ0v) is 13.9. The highest BCUT2D eigenvalue weighted by atomic mass is 16.2. The third kappa shape index (κ3) is 2.65. The van der Waals surface area contributed by atoms with E-state index in [9.17, 15) is 4.79 Å². The van der Waals surface area contributed by atoms with Crippen LogP contribution >= 0.6 is 0 Å². The summed E-state index contributed by atoms with van der Waals surface area (Å²) in [7, 11) is 0. The van der Waals surface area contributed by atoms with E-state index in [2.05, 4.69) is 46.7 Å². The van der Waals surface area contributed by atoms with Crippen LogP contribution in [0.5, 0.6) is 0 Å². The normalized spacial score (nSPS) is 20.5. The molecule has 4 rings (SSSR count). The maximum atomic E-state index is 12.9. The number of hydrogen-bond acceptors (Lipinski definition) is 2. The van der Waals surface area contributed by atoms with Gasteiger partial charge in [0, 0.05) is 24.3 Å². The largest absolute Gasteiger partial charge is 0.341 e. The molecule has 23 heavy (non-hydrogen) atoms. The van der Waals surface area contributed by atoms with E-state index in [1.807, 2.05) is 4.90 Å². The van der Waals surface area contributed by atoms with Gasteiger partial charge in [-0.1, -0.05) is 24.6 Å². The Hall–Kier alpha value is -1.81. The van der Waals surface area contributed by atoms with E-state index in [1.165, 1.54) is 35.9 Å². The predicted octanol–water partition coefficient (Wildman–Crippen LogP) is 2.86. The quantitative estimate of drug-likeness (QED) is 0.853. The third-order valence-corrected chi connectivity index (χ3v) is 5.45. The van der Waals surface area contributed by atoms with Gasteiger partial charge in [0.25, 0.3) is 0 Å². The molecule has 2 aromatic rings. The van der Waals surface area contributed by atoms with Gasteiger partial charge in [0.15, 0.2) is 0 Å². The fourth-order valence-electron chi connectivity index (χ4n) is 4.07. The summed E-state index contributed by atoms with van der Waals surface area (Å²) in [5.41, 5.74) is 2.55. The van der Waals surface area contributed by atoms with Crippen molar-refractivity contribution in [3.63, 3.8) is 0 Å². The monoisotopic (exact) mass is 311 g/mol. The van der Waals surface area contributed by atoms with E-state index in [0.717, 1.165) is 32.7 Å². The molecule has 2 aliphatic rings. The number of carbonyl (C=O) groups is 1. The van der Waals surface area contributed by atoms with Gasteiger partial charge in [-0.3, -0.25) is 9.69 Å². The highest BCUT2D eigenvalue weighted by Gasteiger charge is 2.29. The number of para-hydroxylation sites is 1. The molecular formula is C19H25N3O. The van der Waals surface area contributed by atoms with Gasteiger partial charge in [0.05, 0.1) is 12.6 Å². The lowest BCUT2D eigenvalue weighted by atomic mass is 10.1. The minimum atomic E-state index is 0.0197. The Balaban J connectivity index is 1.52. The second-order valence-corrected chi connectivity index (χ2v) is 6.88. The van der Waals surface area contributed by atoms with Gasteiger partial charge < -0.3 is 9.47 Å². The molecule has 4 heteroatoms. The first-order valence-electron chi connectivity index (χ1n) is 8.84. The average Bonchev–Trinajstić information content (AvgIpc) is 2.99. The summed E-state index contributed by atoms with van der Waals surface area (Å²) in [6.45, 7) is 6.69. The first kappa shape index (κ1) is 14.8. The number of aromatic nitrogens is 1. The molecule has 0 bridgehead atoms. The van der Waals surface area contributed by atoms with Crippen molar-refractivity contribution in [2.24, 2.45) is 0 Å². The second kappa shape index (κ2) is 6.00. The molecule has 1 aromatic heterocycles. The van der Waals surface area contributed by atoms with Crippen molar-refractivity contribution >= 4 is 16.8 Å². The van der Waals surface area contributed by atoms with Gasteiger partial charge in [-0.2, -0.15) is 0 Å². The molecular weight excluding hydrogens is 286 g/mol. The third-order valence-electron chi connectivity index (χ3n) is 5.45. The Kier molecular flexibility index (Phi) is 3.85. The molecule has 2 aliphatic heterocycles. The minimum Gasteiger partial charge on any atom is -0.341 e. The van der Waals surface area contributed by atoms with E-state index < -0.39 is 0 Å². The Morgan fingerprint density at radius 3 is 2.65 bits per heavy atom. The molecule has 0 N–H and O–H groups in total. The minimum absolute atomic E-state index is 0.0197. The van der Waals surface area contributed by atoms with E-state index in [-0.39, 0.29) is 6.04 Å². The molecule has 0 saturated carbocycles. The van der Waals surface area contributed by atoms with Crippen LogP contribution < -0.4 is 0 Å². The molecule has 1 aromatic carbocycles. The van der Waals surface area contributed by atoms with Gasteiger partial charge in [-0.25, -0.2) is 0 Å². The topological polar surface area (TPSA) is 28.5 Å². The van der Waals surface area contributed by atoms with Gasteiger partial charge >= 0.3 is 0 Å². The van der Waals surface area contributed by atoms with Crippen molar-refractivity contribution in [1.82, 2.24) is 14.4 Å². The molecule has 1 unspecified atom stereocenters. The van der Waals surface area contributed by atoms with E-state index in [0.29, 0.717) is 5.91 Å². The van der Waals surface area contributed by atoms with Gasteiger partial charge in [0.2, 0.25) is 5.91 Å². The van der Waals surface area contributed by atoms with Gasteiger partial charge in [-0.15, -0.1) is 0 Å². The SMILES string of the molecule is CC(C(=O)N1CCn2c(cc3ccccc32)C1)N1CCCCC1. The van der Waals surface area contributed by atoms with Crippen LogP contribution in [-0.2, 0) is 17.9 Å². The van der Waals surface area contributed by atoms with Crippen molar-refractivity contribution in [1.29, 1.82) is 0 Å². The maximum absolute atomic E-state index is 12.9. The number of nitrogens with zero attached hydrogens (tertiary/aromatic N) is 3. The fraction of sp³-hybridized carbons (Fsp3) is 0.526. The van der Waals surface area contributed by atoms with Crippen LogP contribution in [-0.4, -0.2) is 46.0 Å². The molecule has 0 radical (unpaired) electrons. The van der Waals surface area contributed by atoms with Crippen molar-refractivity contribution in [3.8, 4) is 0 Å². The predicted molar refractivity (Wildman–Crippen MR) is 92.2 cm³/mol. The number of benzene rings is 1. The molecule has 1 saturated heterocycles. The van der Waals surface area contributed by atoms with Crippen molar-refractivity contribution < 1.29 is 4.79 Å². The zero-order valence-electron chi connectivity index (χ0n) is 13.9. The van der Waals surface area contributed by atoms with E-state index in [1.54, 1.807) is 0 Å². The number of piperidine rings is 1. The molecule has 0 aliphatic carbocycles.